The second-order valence-electron chi connectivity index (χ2n) is 7.17. The Morgan fingerprint density at radius 2 is 1.88 bits per heavy atom. The molecular weight excluding hydrogens is 334 g/mol. The van der Waals surface area contributed by atoms with Gasteiger partial charge in [0.2, 0.25) is 5.91 Å². The molecule has 0 aliphatic carbocycles. The van der Waals surface area contributed by atoms with Crippen LogP contribution in [0.2, 0.25) is 0 Å². The molecule has 1 aromatic rings. The number of likely N-dealkylation sites (tertiary alicyclic amines) is 1. The zero-order chi connectivity index (χ0) is 18.7. The molecule has 2 heterocycles. The minimum absolute atomic E-state index is 0.0355. The molecule has 0 radical (unpaired) electrons. The summed E-state index contributed by atoms with van der Waals surface area (Å²) in [5.41, 5.74) is 0.282. The van der Waals surface area contributed by atoms with Crippen LogP contribution >= 0.6 is 0 Å². The number of hydrogen-bond donors (Lipinski definition) is 2. The summed E-state index contributed by atoms with van der Waals surface area (Å²) in [7, 11) is 1.65. The van der Waals surface area contributed by atoms with Crippen molar-refractivity contribution < 1.29 is 19.1 Å². The van der Waals surface area contributed by atoms with Gasteiger partial charge in [-0.2, -0.15) is 0 Å². The van der Waals surface area contributed by atoms with Crippen LogP contribution in [-0.4, -0.2) is 48.5 Å². The summed E-state index contributed by atoms with van der Waals surface area (Å²) in [5.74, 6) is 0.960. The lowest BCUT2D eigenvalue weighted by Crippen LogP contribution is -2.45. The molecule has 2 fully saturated rings. The molecule has 1 aromatic carbocycles. The smallest absolute Gasteiger partial charge is 0.322 e. The number of benzene rings is 1. The Morgan fingerprint density at radius 3 is 2.42 bits per heavy atom. The first-order valence-corrected chi connectivity index (χ1v) is 8.96. The predicted octanol–water partition coefficient (Wildman–Crippen LogP) is 1.78. The standard InChI is InChI=1S/C19H25N3O4/c1-19(17(24)20-18(25)21-19)10-7-16(23)22-11-8-14(9-12-22)13-3-5-15(26-2)6-4-13/h3-6,14H,7-12H2,1-2H3,(H2,20,21,24,25). The van der Waals surface area contributed by atoms with E-state index >= 15 is 0 Å². The summed E-state index contributed by atoms with van der Waals surface area (Å²) in [5, 5.41) is 4.82. The average Bonchev–Trinajstić information content (AvgIpc) is 2.92. The molecule has 0 aromatic heterocycles. The number of piperidine rings is 1. The monoisotopic (exact) mass is 359 g/mol. The van der Waals surface area contributed by atoms with Gasteiger partial charge in [-0.25, -0.2) is 4.79 Å². The van der Waals surface area contributed by atoms with Gasteiger partial charge in [0, 0.05) is 19.5 Å². The molecule has 4 amide bonds. The molecule has 7 heteroatoms. The summed E-state index contributed by atoms with van der Waals surface area (Å²) in [6.07, 6.45) is 2.40. The number of nitrogens with one attached hydrogen (secondary N) is 2. The molecule has 2 aliphatic heterocycles. The summed E-state index contributed by atoms with van der Waals surface area (Å²) in [4.78, 5) is 37.4. The Morgan fingerprint density at radius 1 is 1.23 bits per heavy atom. The van der Waals surface area contributed by atoms with Crippen LogP contribution in [0, 0.1) is 0 Å². The number of methoxy groups -OCH3 is 1. The zero-order valence-electron chi connectivity index (χ0n) is 15.2. The molecule has 0 saturated carbocycles. The van der Waals surface area contributed by atoms with Gasteiger partial charge < -0.3 is 15.0 Å². The molecule has 140 valence electrons. The van der Waals surface area contributed by atoms with Crippen molar-refractivity contribution in [2.45, 2.75) is 44.1 Å². The number of nitrogens with zero attached hydrogens (tertiary/aromatic N) is 1. The van der Waals surface area contributed by atoms with Crippen LogP contribution in [0.3, 0.4) is 0 Å². The highest BCUT2D eigenvalue weighted by Gasteiger charge is 2.42. The lowest BCUT2D eigenvalue weighted by atomic mass is 9.89. The van der Waals surface area contributed by atoms with E-state index in [2.05, 4.69) is 22.8 Å². The number of rotatable bonds is 5. The normalized spacial score (nSPS) is 23.5. The fourth-order valence-electron chi connectivity index (χ4n) is 3.61. The topological polar surface area (TPSA) is 87.7 Å². The van der Waals surface area contributed by atoms with Crippen LogP contribution in [0.25, 0.3) is 0 Å². The highest BCUT2D eigenvalue weighted by atomic mass is 16.5. The average molecular weight is 359 g/mol. The highest BCUT2D eigenvalue weighted by Crippen LogP contribution is 2.29. The number of urea groups is 1. The molecule has 0 spiro atoms. The quantitative estimate of drug-likeness (QED) is 0.785. The van der Waals surface area contributed by atoms with Crippen LogP contribution < -0.4 is 15.4 Å². The molecule has 26 heavy (non-hydrogen) atoms. The van der Waals surface area contributed by atoms with Gasteiger partial charge in [-0.3, -0.25) is 14.9 Å². The third-order valence-electron chi connectivity index (χ3n) is 5.39. The molecule has 7 nitrogen and oxygen atoms in total. The van der Waals surface area contributed by atoms with Crippen LogP contribution in [0.4, 0.5) is 4.79 Å². The Balaban J connectivity index is 1.49. The number of hydrogen-bond acceptors (Lipinski definition) is 4. The van der Waals surface area contributed by atoms with E-state index in [0.717, 1.165) is 18.6 Å². The van der Waals surface area contributed by atoms with E-state index in [1.54, 1.807) is 14.0 Å². The maximum Gasteiger partial charge on any atom is 0.322 e. The summed E-state index contributed by atoms with van der Waals surface area (Å²) >= 11 is 0. The van der Waals surface area contributed by atoms with Crippen LogP contribution in [0.15, 0.2) is 24.3 Å². The number of imide groups is 1. The van der Waals surface area contributed by atoms with Crippen molar-refractivity contribution in [2.24, 2.45) is 0 Å². The first-order chi connectivity index (χ1) is 12.4. The van der Waals surface area contributed by atoms with Gasteiger partial charge in [-0.05, 0) is 49.8 Å². The second-order valence-corrected chi connectivity index (χ2v) is 7.17. The lowest BCUT2D eigenvalue weighted by molar-refractivity contribution is -0.133. The van der Waals surface area contributed by atoms with Crippen molar-refractivity contribution in [3.05, 3.63) is 29.8 Å². The van der Waals surface area contributed by atoms with Crippen molar-refractivity contribution in [2.75, 3.05) is 20.2 Å². The van der Waals surface area contributed by atoms with Crippen LogP contribution in [-0.2, 0) is 9.59 Å². The Bertz CT molecular complexity index is 695. The van der Waals surface area contributed by atoms with Crippen molar-refractivity contribution in [3.63, 3.8) is 0 Å². The van der Waals surface area contributed by atoms with E-state index in [1.807, 2.05) is 17.0 Å². The van der Waals surface area contributed by atoms with Gasteiger partial charge in [-0.1, -0.05) is 12.1 Å². The third-order valence-corrected chi connectivity index (χ3v) is 5.39. The minimum atomic E-state index is -0.992. The third kappa shape index (κ3) is 3.81. The lowest BCUT2D eigenvalue weighted by Gasteiger charge is -2.33. The van der Waals surface area contributed by atoms with Gasteiger partial charge in [0.1, 0.15) is 11.3 Å². The van der Waals surface area contributed by atoms with E-state index in [4.69, 9.17) is 4.74 Å². The van der Waals surface area contributed by atoms with Crippen molar-refractivity contribution in [1.82, 2.24) is 15.5 Å². The molecular formula is C19H25N3O4. The van der Waals surface area contributed by atoms with Gasteiger partial charge in [0.15, 0.2) is 0 Å². The molecule has 1 atom stereocenters. The van der Waals surface area contributed by atoms with E-state index in [9.17, 15) is 14.4 Å². The number of amides is 4. The molecule has 1 unspecified atom stereocenters. The molecule has 3 rings (SSSR count). The fraction of sp³-hybridized carbons (Fsp3) is 0.526. The maximum absolute atomic E-state index is 12.5. The summed E-state index contributed by atoms with van der Waals surface area (Å²) in [6.45, 7) is 3.08. The Labute approximate surface area is 153 Å². The van der Waals surface area contributed by atoms with Gasteiger partial charge in [0.25, 0.3) is 5.91 Å². The highest BCUT2D eigenvalue weighted by molar-refractivity contribution is 6.06. The summed E-state index contributed by atoms with van der Waals surface area (Å²) < 4.78 is 5.19. The maximum atomic E-state index is 12.5. The molecule has 2 aliphatic rings. The largest absolute Gasteiger partial charge is 0.497 e. The zero-order valence-corrected chi connectivity index (χ0v) is 15.2. The fourth-order valence-corrected chi connectivity index (χ4v) is 3.61. The number of carbonyl (C=O) groups excluding carboxylic acids is 3. The number of ether oxygens (including phenoxy) is 1. The Kier molecular flexibility index (Phi) is 5.15. The summed E-state index contributed by atoms with van der Waals surface area (Å²) in [6, 6.07) is 7.61. The second kappa shape index (κ2) is 7.35. The van der Waals surface area contributed by atoms with Crippen molar-refractivity contribution >= 4 is 17.8 Å². The van der Waals surface area contributed by atoms with Gasteiger partial charge >= 0.3 is 6.03 Å². The van der Waals surface area contributed by atoms with Crippen LogP contribution in [0.1, 0.15) is 44.1 Å². The predicted molar refractivity (Wildman–Crippen MR) is 95.9 cm³/mol. The molecule has 0 bridgehead atoms. The van der Waals surface area contributed by atoms with Crippen LogP contribution in [0.5, 0.6) is 5.75 Å². The van der Waals surface area contributed by atoms with E-state index in [-0.39, 0.29) is 18.2 Å². The SMILES string of the molecule is COc1ccc(C2CCN(C(=O)CCC3(C)NC(=O)NC3=O)CC2)cc1. The first kappa shape index (κ1) is 18.2. The molecule has 2 N–H and O–H groups in total. The van der Waals surface area contributed by atoms with Gasteiger partial charge in [-0.15, -0.1) is 0 Å². The van der Waals surface area contributed by atoms with Crippen molar-refractivity contribution in [3.8, 4) is 5.75 Å². The van der Waals surface area contributed by atoms with E-state index in [1.165, 1.54) is 5.56 Å². The number of carbonyl (C=O) groups is 3. The molecule has 2 saturated heterocycles. The first-order valence-electron chi connectivity index (χ1n) is 8.96. The van der Waals surface area contributed by atoms with E-state index < -0.39 is 11.6 Å². The van der Waals surface area contributed by atoms with Gasteiger partial charge in [0.05, 0.1) is 7.11 Å². The van der Waals surface area contributed by atoms with Crippen molar-refractivity contribution in [1.29, 1.82) is 0 Å². The Hall–Kier alpha value is -2.57. The van der Waals surface area contributed by atoms with E-state index in [0.29, 0.717) is 25.4 Å². The minimum Gasteiger partial charge on any atom is -0.497 e.